The Labute approximate surface area is 512 Å². The van der Waals surface area contributed by atoms with Crippen molar-refractivity contribution in [1.82, 2.24) is 29.9 Å². The number of aromatic nitrogens is 6. The van der Waals surface area contributed by atoms with Crippen LogP contribution in [-0.2, 0) is 111 Å². The first-order valence-electron chi connectivity index (χ1n) is 26.8. The Balaban J connectivity index is 0.000000230. The SMILES string of the molecule is CC(=O)C=C(C)O.CCc1c2[n-]c(c1CC)C=c1[n-]c(c(CC)c1CC)=Cc1[n-]c(c(CC)c1CC)C=c1[n-]c(cc1CC)=C2.[Ir].[Ir].[Pt+4].[c-]1ccccc1-c1nccc2ccccc12.c1ccc(C2[CH-]c3ccccc3S2)nc1. The molecule has 6 aromatic heterocycles. The topological polar surface area (TPSA) is 119 Å². The number of fused-ring (bicyclic) bond motifs is 10. The fourth-order valence-electron chi connectivity index (χ4n) is 10.2. The van der Waals surface area contributed by atoms with E-state index in [1.54, 1.807) is 0 Å². The van der Waals surface area contributed by atoms with Gasteiger partial charge in [0.1, 0.15) is 0 Å². The van der Waals surface area contributed by atoms with Crippen LogP contribution in [0.25, 0.3) is 46.3 Å². The summed E-state index contributed by atoms with van der Waals surface area (Å²) in [5, 5.41) is 15.2. The number of aryl methyl sites for hydroxylation is 1. The molecule has 1 atom stereocenters. The molecule has 0 saturated carbocycles. The molecule has 1 unspecified atom stereocenters. The molecule has 0 fully saturated rings. The summed E-state index contributed by atoms with van der Waals surface area (Å²) in [6.07, 6.45) is 22.6. The first-order chi connectivity index (χ1) is 37.0. The van der Waals surface area contributed by atoms with Crippen LogP contribution in [0, 0.1) is 12.5 Å². The van der Waals surface area contributed by atoms with Crippen molar-refractivity contribution in [2.45, 2.75) is 117 Å². The third-order valence-electron chi connectivity index (χ3n) is 13.7. The number of carbonyl (C=O) groups excluding carboxylic acids is 1. The number of rotatable bonds is 10. The Morgan fingerprint density at radius 2 is 1.16 bits per heavy atom. The fourth-order valence-corrected chi connectivity index (χ4v) is 11.4. The van der Waals surface area contributed by atoms with E-state index in [4.69, 9.17) is 25.0 Å². The summed E-state index contributed by atoms with van der Waals surface area (Å²) in [5.74, 6) is -0.0625. The summed E-state index contributed by atoms with van der Waals surface area (Å²) in [5.41, 5.74) is 17.9. The number of nitrogens with zero attached hydrogens (tertiary/aromatic N) is 6. The molecule has 3 aromatic carbocycles. The zero-order chi connectivity index (χ0) is 53.7. The molecular weight excluding hydrogens is 1530 g/mol. The Morgan fingerprint density at radius 3 is 1.68 bits per heavy atom. The van der Waals surface area contributed by atoms with Crippen LogP contribution < -0.4 is 41.3 Å². The van der Waals surface area contributed by atoms with Gasteiger partial charge in [-0.1, -0.05) is 159 Å². The van der Waals surface area contributed by atoms with E-state index in [0.717, 1.165) is 106 Å². The molecule has 0 amide bonds. The van der Waals surface area contributed by atoms with Crippen LogP contribution in [-0.4, -0.2) is 20.9 Å². The number of allylic oxidation sites excluding steroid dienone is 2. The molecule has 1 N–H and O–H groups in total. The predicted octanol–water partition coefficient (Wildman–Crippen LogP) is 11.3. The molecule has 0 aliphatic carbocycles. The quantitative estimate of drug-likeness (QED) is 0.0811. The van der Waals surface area contributed by atoms with E-state index in [-0.39, 0.29) is 72.8 Å². The Kier molecular flexibility index (Phi) is 24.9. The average molecular weight is 1600 g/mol. The second kappa shape index (κ2) is 30.7. The van der Waals surface area contributed by atoms with Crippen molar-refractivity contribution >= 4 is 52.6 Å². The molecule has 414 valence electrons. The van der Waals surface area contributed by atoms with Gasteiger partial charge in [0.25, 0.3) is 0 Å². The second-order valence-corrected chi connectivity index (χ2v) is 19.9. The number of ketones is 1. The van der Waals surface area contributed by atoms with Crippen LogP contribution in [0.3, 0.4) is 0 Å². The Morgan fingerprint density at radius 1 is 0.608 bits per heavy atom. The molecule has 2 aliphatic heterocycles. The van der Waals surface area contributed by atoms with Crippen LogP contribution in [0.4, 0.5) is 0 Å². The standard InChI is InChI=1S/C34H40N4.C15H10N.C13H10NS.C5H8O2.2Ir.Pt/c1-8-20-15-21-16-29-22(9-2)23(10-3)31(36-29)18-33-26(13-6)27(14-7)34(38-33)19-32-25(12-5)24(11-4)30(37-32)17-28(20)35-21;1-2-7-13(8-3-1)15-14-9-5-4-6-12(14)10-11-16-15;1-2-7-12-10(5-1)9-13(15-12)11-6-3-4-8-14-11;1-4(6)3-5(2)7;;;/h15-19H,8-14H2,1-7H3;1-7,9-11H;1-9,13H;3,6H,1-2H3;;;/q-4;2*-1;;;;+4. The van der Waals surface area contributed by atoms with E-state index in [2.05, 4.69) is 144 Å². The van der Waals surface area contributed by atoms with Crippen molar-refractivity contribution in [3.05, 3.63) is 234 Å². The van der Waals surface area contributed by atoms with Crippen molar-refractivity contribution in [2.24, 2.45) is 0 Å². The van der Waals surface area contributed by atoms with Gasteiger partial charge < -0.3 is 30.0 Å². The van der Waals surface area contributed by atoms with Crippen LogP contribution >= 0.6 is 11.8 Å². The van der Waals surface area contributed by atoms with Crippen LogP contribution in [0.2, 0.25) is 0 Å². The van der Waals surface area contributed by atoms with Gasteiger partial charge in [0, 0.05) is 69.6 Å². The van der Waals surface area contributed by atoms with Crippen molar-refractivity contribution in [3.63, 3.8) is 0 Å². The molecule has 0 spiro atoms. The molecule has 0 saturated heterocycles. The second-order valence-electron chi connectivity index (χ2n) is 18.7. The minimum Gasteiger partial charge on any atom is -0.658 e. The number of carbonyl (C=O) groups is 1. The van der Waals surface area contributed by atoms with Crippen LogP contribution in [0.1, 0.15) is 141 Å². The molecule has 8 bridgehead atoms. The van der Waals surface area contributed by atoms with Gasteiger partial charge in [-0.3, -0.25) is 9.78 Å². The zero-order valence-corrected chi connectivity index (χ0v) is 54.3. The number of thioether (sulfide) groups is 1. The molecule has 8 nitrogen and oxygen atoms in total. The molecule has 12 heteroatoms. The smallest absolute Gasteiger partial charge is 0.658 e. The summed E-state index contributed by atoms with van der Waals surface area (Å²) in [6, 6.07) is 38.2. The fraction of sp³-hybridized carbons (Fsp3) is 0.254. The van der Waals surface area contributed by atoms with Gasteiger partial charge in [0.15, 0.2) is 5.78 Å². The number of aliphatic hydroxyl groups is 1. The normalized spacial score (nSPS) is 12.7. The maximum absolute atomic E-state index is 10.0. The van der Waals surface area contributed by atoms with E-state index in [0.29, 0.717) is 5.25 Å². The summed E-state index contributed by atoms with van der Waals surface area (Å²) < 4.78 is 0. The van der Waals surface area contributed by atoms with E-state index in [1.165, 1.54) is 80.1 Å². The number of benzene rings is 3. The number of pyridine rings is 2. The van der Waals surface area contributed by atoms with Crippen LogP contribution in [0.15, 0.2) is 132 Å². The molecule has 79 heavy (non-hydrogen) atoms. The summed E-state index contributed by atoms with van der Waals surface area (Å²) >= 11 is 1.87. The third kappa shape index (κ3) is 15.4. The van der Waals surface area contributed by atoms with Gasteiger partial charge in [0.2, 0.25) is 0 Å². The van der Waals surface area contributed by atoms with Gasteiger partial charge in [-0.2, -0.15) is 29.8 Å². The van der Waals surface area contributed by atoms with Crippen molar-refractivity contribution in [3.8, 4) is 11.3 Å². The Bertz CT molecular complexity index is 3710. The van der Waals surface area contributed by atoms with E-state index >= 15 is 0 Å². The first-order valence-corrected chi connectivity index (χ1v) is 27.7. The largest absolute Gasteiger partial charge is 4.00 e. The minimum atomic E-state index is -0.125. The maximum atomic E-state index is 10.0. The summed E-state index contributed by atoms with van der Waals surface area (Å²) in [6.45, 7) is 18.4. The minimum absolute atomic E-state index is 0. The Hall–Kier alpha value is -5.76. The van der Waals surface area contributed by atoms with Gasteiger partial charge in [0.05, 0.1) is 5.76 Å². The van der Waals surface area contributed by atoms with Crippen LogP contribution in [0.5, 0.6) is 0 Å². The van der Waals surface area contributed by atoms with Gasteiger partial charge in [-0.15, -0.1) is 92.2 Å². The average Bonchev–Trinajstić information content (AvgIpc) is 4.29. The van der Waals surface area contributed by atoms with E-state index < -0.39 is 0 Å². The number of hydrogen-bond acceptors (Lipinski definition) is 5. The van der Waals surface area contributed by atoms with E-state index in [1.807, 2.05) is 78.8 Å². The van der Waals surface area contributed by atoms with Crippen molar-refractivity contribution < 1.29 is 71.2 Å². The van der Waals surface area contributed by atoms with Gasteiger partial charge >= 0.3 is 21.1 Å². The predicted molar refractivity (Wildman–Crippen MR) is 313 cm³/mol. The maximum Gasteiger partial charge on any atom is 4.00 e. The summed E-state index contributed by atoms with van der Waals surface area (Å²) in [7, 11) is 0. The van der Waals surface area contributed by atoms with Gasteiger partial charge in [-0.25, -0.2) is 0 Å². The van der Waals surface area contributed by atoms with E-state index in [9.17, 15) is 4.79 Å². The molecule has 11 rings (SSSR count). The first kappa shape index (κ1) is 64.1. The zero-order valence-electron chi connectivity index (χ0n) is 46.4. The number of aliphatic hydroxyl groups excluding tert-OH is 1. The monoisotopic (exact) mass is 1600 g/mol. The van der Waals surface area contributed by atoms with Crippen molar-refractivity contribution in [2.75, 3.05) is 0 Å². The molecule has 8 heterocycles. The molecule has 9 aromatic rings. The molecule has 2 radical (unpaired) electrons. The third-order valence-corrected chi connectivity index (χ3v) is 15.0. The van der Waals surface area contributed by atoms with Gasteiger partial charge in [-0.05, 0) is 93.5 Å². The number of hydrogen-bond donors (Lipinski definition) is 1. The summed E-state index contributed by atoms with van der Waals surface area (Å²) in [4.78, 5) is 40.9. The van der Waals surface area contributed by atoms with Crippen molar-refractivity contribution in [1.29, 1.82) is 0 Å². The molecule has 2 aliphatic rings. The molecular formula is C67H68Ir2N6O2PtS-2.